The number of hydrogen-bond acceptors (Lipinski definition) is 3. The lowest BCUT2D eigenvalue weighted by Gasteiger charge is -2.16. The number of rotatable bonds is 3. The fourth-order valence-corrected chi connectivity index (χ4v) is 2.80. The minimum Gasteiger partial charge on any atom is -0.311 e. The lowest BCUT2D eigenvalue weighted by Crippen LogP contribution is -2.24. The maximum Gasteiger partial charge on any atom is 0.228 e. The number of nitrogens with zero attached hydrogens (tertiary/aromatic N) is 4. The van der Waals surface area contributed by atoms with Crippen LogP contribution in [0.25, 0.3) is 0 Å². The van der Waals surface area contributed by atoms with Crippen LogP contribution in [0.4, 0.5) is 5.69 Å². The molecule has 1 saturated heterocycles. The second kappa shape index (κ2) is 5.13. The first-order valence-corrected chi connectivity index (χ1v) is 7.00. The molecule has 1 aliphatic rings. The van der Waals surface area contributed by atoms with Crippen molar-refractivity contribution in [3.05, 3.63) is 42.5 Å². The predicted molar refractivity (Wildman–Crippen MR) is 75.3 cm³/mol. The van der Waals surface area contributed by atoms with E-state index in [4.69, 9.17) is 0 Å². The predicted octanol–water partition coefficient (Wildman–Crippen LogP) is 1.83. The molecule has 2 aromatic rings. The van der Waals surface area contributed by atoms with Crippen LogP contribution in [-0.2, 0) is 11.3 Å². The molecule has 3 rings (SSSR count). The SMILES string of the molecule is O=C1CC(Br)CN1c1cccc(Cn2cncn2)c1. The minimum atomic E-state index is 0.166. The van der Waals surface area contributed by atoms with Crippen molar-refractivity contribution in [1.82, 2.24) is 14.8 Å². The number of carbonyl (C=O) groups is 1. The molecule has 2 heterocycles. The molecule has 1 amide bonds. The third-order valence-electron chi connectivity index (χ3n) is 3.11. The number of benzene rings is 1. The van der Waals surface area contributed by atoms with E-state index in [2.05, 4.69) is 26.0 Å². The van der Waals surface area contributed by atoms with E-state index in [9.17, 15) is 4.79 Å². The van der Waals surface area contributed by atoms with Gasteiger partial charge >= 0.3 is 0 Å². The van der Waals surface area contributed by atoms with Crippen molar-refractivity contribution >= 4 is 27.5 Å². The summed E-state index contributed by atoms with van der Waals surface area (Å²) in [6.45, 7) is 1.39. The Bertz CT molecular complexity index is 584. The highest BCUT2D eigenvalue weighted by Gasteiger charge is 2.28. The van der Waals surface area contributed by atoms with Crippen LogP contribution in [-0.4, -0.2) is 32.0 Å². The number of carbonyl (C=O) groups excluding carboxylic acids is 1. The van der Waals surface area contributed by atoms with Gasteiger partial charge in [0, 0.05) is 23.5 Å². The fraction of sp³-hybridized carbons (Fsp3) is 0.308. The summed E-state index contributed by atoms with van der Waals surface area (Å²) in [5.41, 5.74) is 2.05. The fourth-order valence-electron chi connectivity index (χ4n) is 2.24. The second-order valence-electron chi connectivity index (χ2n) is 4.57. The summed E-state index contributed by atoms with van der Waals surface area (Å²) in [6.07, 6.45) is 3.76. The molecule has 6 heteroatoms. The first-order chi connectivity index (χ1) is 9.22. The molecule has 1 aromatic carbocycles. The van der Waals surface area contributed by atoms with Gasteiger partial charge in [0.05, 0.1) is 6.54 Å². The number of hydrogen-bond donors (Lipinski definition) is 0. The third kappa shape index (κ3) is 2.68. The van der Waals surface area contributed by atoms with Gasteiger partial charge < -0.3 is 4.90 Å². The van der Waals surface area contributed by atoms with Gasteiger partial charge in [0.2, 0.25) is 5.91 Å². The van der Waals surface area contributed by atoms with Crippen LogP contribution in [0.2, 0.25) is 0 Å². The summed E-state index contributed by atoms with van der Waals surface area (Å²) in [5.74, 6) is 0.166. The Morgan fingerprint density at radius 3 is 3.00 bits per heavy atom. The van der Waals surface area contributed by atoms with Crippen molar-refractivity contribution in [1.29, 1.82) is 0 Å². The number of aromatic nitrogens is 3. The summed E-state index contributed by atoms with van der Waals surface area (Å²) in [5, 5.41) is 4.08. The highest BCUT2D eigenvalue weighted by molar-refractivity contribution is 9.09. The molecule has 0 N–H and O–H groups in total. The van der Waals surface area contributed by atoms with Gasteiger partial charge in [-0.25, -0.2) is 9.67 Å². The number of anilines is 1. The molecular formula is C13H13BrN4O. The Morgan fingerprint density at radius 2 is 2.32 bits per heavy atom. The molecular weight excluding hydrogens is 308 g/mol. The molecule has 5 nitrogen and oxygen atoms in total. The Kier molecular flexibility index (Phi) is 3.33. The van der Waals surface area contributed by atoms with E-state index < -0.39 is 0 Å². The van der Waals surface area contributed by atoms with Crippen LogP contribution < -0.4 is 4.90 Å². The average Bonchev–Trinajstić information content (AvgIpc) is 2.99. The average molecular weight is 321 g/mol. The van der Waals surface area contributed by atoms with Gasteiger partial charge in [-0.2, -0.15) is 5.10 Å². The molecule has 0 saturated carbocycles. The van der Waals surface area contributed by atoms with Gasteiger partial charge in [-0.05, 0) is 17.7 Å². The number of alkyl halides is 1. The highest BCUT2D eigenvalue weighted by atomic mass is 79.9. The van der Waals surface area contributed by atoms with Crippen LogP contribution in [0.1, 0.15) is 12.0 Å². The van der Waals surface area contributed by atoms with Crippen LogP contribution >= 0.6 is 15.9 Å². The van der Waals surface area contributed by atoms with Gasteiger partial charge in [0.15, 0.2) is 0 Å². The van der Waals surface area contributed by atoms with Crippen molar-refractivity contribution in [2.75, 3.05) is 11.4 Å². The van der Waals surface area contributed by atoms with Crippen LogP contribution in [0, 0.1) is 0 Å². The molecule has 0 bridgehead atoms. The largest absolute Gasteiger partial charge is 0.311 e. The normalized spacial score (nSPS) is 19.1. The van der Waals surface area contributed by atoms with Crippen molar-refractivity contribution in [2.45, 2.75) is 17.8 Å². The highest BCUT2D eigenvalue weighted by Crippen LogP contribution is 2.25. The Hall–Kier alpha value is -1.69. The first-order valence-electron chi connectivity index (χ1n) is 6.08. The summed E-state index contributed by atoms with van der Waals surface area (Å²) >= 11 is 3.50. The number of halogens is 1. The molecule has 1 atom stereocenters. The van der Waals surface area contributed by atoms with Gasteiger partial charge in [-0.3, -0.25) is 4.79 Å². The van der Waals surface area contributed by atoms with Gasteiger partial charge in [0.1, 0.15) is 12.7 Å². The first kappa shape index (κ1) is 12.3. The maximum absolute atomic E-state index is 11.9. The van der Waals surface area contributed by atoms with Crippen molar-refractivity contribution in [3.63, 3.8) is 0 Å². The zero-order valence-corrected chi connectivity index (χ0v) is 11.8. The van der Waals surface area contributed by atoms with Crippen LogP contribution in [0.5, 0.6) is 0 Å². The zero-order chi connectivity index (χ0) is 13.2. The molecule has 1 aromatic heterocycles. The lowest BCUT2D eigenvalue weighted by molar-refractivity contribution is -0.117. The van der Waals surface area contributed by atoms with E-state index in [-0.39, 0.29) is 10.7 Å². The summed E-state index contributed by atoms with van der Waals surface area (Å²) in [7, 11) is 0. The Balaban J connectivity index is 1.82. The van der Waals surface area contributed by atoms with Gasteiger partial charge in [-0.1, -0.05) is 28.1 Å². The lowest BCUT2D eigenvalue weighted by atomic mass is 10.2. The standard InChI is InChI=1S/C13H13BrN4O/c14-11-5-13(19)18(7-11)12-3-1-2-10(4-12)6-17-9-15-8-16-17/h1-4,8-9,11H,5-7H2. The quantitative estimate of drug-likeness (QED) is 0.811. The van der Waals surface area contributed by atoms with Crippen molar-refractivity contribution in [3.8, 4) is 0 Å². The van der Waals surface area contributed by atoms with E-state index in [1.165, 1.54) is 6.33 Å². The number of amides is 1. The van der Waals surface area contributed by atoms with Gasteiger partial charge in [0.25, 0.3) is 0 Å². The van der Waals surface area contributed by atoms with Gasteiger partial charge in [-0.15, -0.1) is 0 Å². The van der Waals surface area contributed by atoms with E-state index in [0.717, 1.165) is 17.8 Å². The Morgan fingerprint density at radius 1 is 1.42 bits per heavy atom. The van der Waals surface area contributed by atoms with E-state index >= 15 is 0 Å². The molecule has 1 fully saturated rings. The van der Waals surface area contributed by atoms with E-state index in [1.54, 1.807) is 11.0 Å². The monoisotopic (exact) mass is 320 g/mol. The molecule has 1 unspecified atom stereocenters. The summed E-state index contributed by atoms with van der Waals surface area (Å²) in [6, 6.07) is 7.99. The Labute approximate surface area is 119 Å². The van der Waals surface area contributed by atoms with Crippen LogP contribution in [0.15, 0.2) is 36.9 Å². The smallest absolute Gasteiger partial charge is 0.228 e. The van der Waals surface area contributed by atoms with E-state index in [1.807, 2.05) is 29.2 Å². The zero-order valence-electron chi connectivity index (χ0n) is 10.2. The molecule has 1 aliphatic heterocycles. The van der Waals surface area contributed by atoms with E-state index in [0.29, 0.717) is 13.0 Å². The van der Waals surface area contributed by atoms with Crippen molar-refractivity contribution in [2.24, 2.45) is 0 Å². The summed E-state index contributed by atoms with van der Waals surface area (Å²) < 4.78 is 1.76. The van der Waals surface area contributed by atoms with Crippen LogP contribution in [0.3, 0.4) is 0 Å². The molecule has 98 valence electrons. The molecule has 19 heavy (non-hydrogen) atoms. The molecule has 0 radical (unpaired) electrons. The topological polar surface area (TPSA) is 51.0 Å². The minimum absolute atomic E-state index is 0.166. The summed E-state index contributed by atoms with van der Waals surface area (Å²) in [4.78, 5) is 17.9. The van der Waals surface area contributed by atoms with Crippen molar-refractivity contribution < 1.29 is 4.79 Å². The third-order valence-corrected chi connectivity index (χ3v) is 3.72. The molecule has 0 aliphatic carbocycles. The second-order valence-corrected chi connectivity index (χ2v) is 5.86. The maximum atomic E-state index is 11.9. The molecule has 0 spiro atoms.